The molecule has 0 heterocycles. The van der Waals surface area contributed by atoms with Crippen LogP contribution in [0.2, 0.25) is 0 Å². The standard InChI is InChI=1S/C29H52F2O2/c1-4-7-8-9-21-10-13-25(14-11-21)29(30,31)33-26-15-17-28(24(6-3)19-26)27-16-12-22(20-32)18-23(27)5-2/h21-28,32H,4-20H2,1-3H3. The van der Waals surface area contributed by atoms with Gasteiger partial charge in [0.2, 0.25) is 0 Å². The first kappa shape index (κ1) is 27.4. The number of alkyl halides is 2. The first-order valence-corrected chi connectivity index (χ1v) is 14.6. The van der Waals surface area contributed by atoms with Crippen molar-refractivity contribution in [3.05, 3.63) is 0 Å². The molecular weight excluding hydrogens is 418 g/mol. The Morgan fingerprint density at radius 3 is 1.97 bits per heavy atom. The second-order valence-electron chi connectivity index (χ2n) is 11.9. The molecule has 0 aliphatic heterocycles. The van der Waals surface area contributed by atoms with E-state index in [1.807, 2.05) is 0 Å². The molecule has 194 valence electrons. The fraction of sp³-hybridized carbons (Fsp3) is 1.00. The van der Waals surface area contributed by atoms with E-state index in [1.54, 1.807) is 0 Å². The Morgan fingerprint density at radius 1 is 0.758 bits per heavy atom. The highest BCUT2D eigenvalue weighted by Gasteiger charge is 2.47. The number of unbranched alkanes of at least 4 members (excludes halogenated alkanes) is 2. The Kier molecular flexibility index (Phi) is 10.9. The Balaban J connectivity index is 1.50. The Bertz CT molecular complexity index is 546. The molecule has 3 aliphatic carbocycles. The normalized spacial score (nSPS) is 38.4. The zero-order valence-corrected chi connectivity index (χ0v) is 21.8. The molecule has 3 saturated carbocycles. The van der Waals surface area contributed by atoms with Crippen molar-refractivity contribution in [1.82, 2.24) is 0 Å². The highest BCUT2D eigenvalue weighted by atomic mass is 19.3. The van der Waals surface area contributed by atoms with Gasteiger partial charge in [0.05, 0.1) is 12.0 Å². The Hall–Kier alpha value is -0.220. The van der Waals surface area contributed by atoms with E-state index in [9.17, 15) is 5.11 Å². The maximum atomic E-state index is 15.2. The van der Waals surface area contributed by atoms with Gasteiger partial charge in [-0.15, -0.1) is 0 Å². The van der Waals surface area contributed by atoms with E-state index >= 15 is 8.78 Å². The van der Waals surface area contributed by atoms with Gasteiger partial charge in [0.25, 0.3) is 0 Å². The topological polar surface area (TPSA) is 29.5 Å². The van der Waals surface area contributed by atoms with Crippen molar-refractivity contribution in [1.29, 1.82) is 0 Å². The quantitative estimate of drug-likeness (QED) is 0.306. The summed E-state index contributed by atoms with van der Waals surface area (Å²) < 4.78 is 36.0. The first-order valence-electron chi connectivity index (χ1n) is 14.6. The highest BCUT2D eigenvalue weighted by molar-refractivity contribution is 4.91. The molecule has 0 aromatic carbocycles. The molecule has 1 N–H and O–H groups in total. The van der Waals surface area contributed by atoms with Crippen LogP contribution >= 0.6 is 0 Å². The van der Waals surface area contributed by atoms with Crippen molar-refractivity contribution in [3.63, 3.8) is 0 Å². The summed E-state index contributed by atoms with van der Waals surface area (Å²) in [6, 6.07) is 0. The number of rotatable bonds is 11. The van der Waals surface area contributed by atoms with Gasteiger partial charge in [0.1, 0.15) is 0 Å². The number of halogens is 2. The molecule has 3 aliphatic rings. The minimum atomic E-state index is -2.96. The van der Waals surface area contributed by atoms with Crippen LogP contribution in [0.1, 0.15) is 124 Å². The van der Waals surface area contributed by atoms with Crippen LogP contribution in [0.25, 0.3) is 0 Å². The van der Waals surface area contributed by atoms with Gasteiger partial charge in [0.15, 0.2) is 0 Å². The summed E-state index contributed by atoms with van der Waals surface area (Å²) in [5.41, 5.74) is 0. The second-order valence-corrected chi connectivity index (χ2v) is 11.9. The van der Waals surface area contributed by atoms with Gasteiger partial charge >= 0.3 is 6.11 Å². The summed E-state index contributed by atoms with van der Waals surface area (Å²) in [5.74, 6) is 3.05. The van der Waals surface area contributed by atoms with Gasteiger partial charge in [-0.25, -0.2) is 0 Å². The number of hydrogen-bond donors (Lipinski definition) is 1. The van der Waals surface area contributed by atoms with E-state index in [-0.39, 0.29) is 6.10 Å². The molecule has 33 heavy (non-hydrogen) atoms. The predicted octanol–water partition coefficient (Wildman–Crippen LogP) is 8.61. The third-order valence-electron chi connectivity index (χ3n) is 9.86. The zero-order chi connectivity index (χ0) is 23.8. The number of ether oxygens (including phenoxy) is 1. The molecule has 6 atom stereocenters. The highest BCUT2D eigenvalue weighted by Crippen LogP contribution is 2.49. The van der Waals surface area contributed by atoms with Crippen molar-refractivity contribution in [2.75, 3.05) is 6.61 Å². The average molecular weight is 471 g/mol. The van der Waals surface area contributed by atoms with E-state index in [2.05, 4.69) is 20.8 Å². The molecule has 3 rings (SSSR count). The van der Waals surface area contributed by atoms with Gasteiger partial charge in [-0.1, -0.05) is 59.3 Å². The molecule has 6 unspecified atom stereocenters. The molecule has 0 amide bonds. The molecule has 0 saturated heterocycles. The Labute approximate surface area is 202 Å². The number of aliphatic hydroxyl groups excluding tert-OH is 1. The zero-order valence-electron chi connectivity index (χ0n) is 21.8. The van der Waals surface area contributed by atoms with Crippen LogP contribution in [0.4, 0.5) is 8.78 Å². The molecular formula is C29H52F2O2. The third kappa shape index (κ3) is 7.38. The molecule has 3 fully saturated rings. The lowest BCUT2D eigenvalue weighted by atomic mass is 9.61. The summed E-state index contributed by atoms with van der Waals surface area (Å²) in [7, 11) is 0. The molecule has 0 aromatic heterocycles. The van der Waals surface area contributed by atoms with E-state index in [0.717, 1.165) is 51.4 Å². The number of hydrogen-bond acceptors (Lipinski definition) is 2. The van der Waals surface area contributed by atoms with Gasteiger partial charge in [-0.05, 0) is 99.7 Å². The van der Waals surface area contributed by atoms with Crippen LogP contribution < -0.4 is 0 Å². The van der Waals surface area contributed by atoms with E-state index in [0.29, 0.717) is 55.0 Å². The summed E-state index contributed by atoms with van der Waals surface area (Å²) in [6.07, 6.45) is 13.2. The van der Waals surface area contributed by atoms with Gasteiger partial charge in [-0.2, -0.15) is 8.78 Å². The minimum absolute atomic E-state index is 0.280. The van der Waals surface area contributed by atoms with Crippen LogP contribution in [-0.2, 0) is 4.74 Å². The molecule has 0 aromatic rings. The number of aliphatic hydroxyl groups is 1. The van der Waals surface area contributed by atoms with E-state index in [1.165, 1.54) is 38.5 Å². The van der Waals surface area contributed by atoms with Crippen LogP contribution in [0.5, 0.6) is 0 Å². The molecule has 0 bridgehead atoms. The summed E-state index contributed by atoms with van der Waals surface area (Å²) in [5, 5.41) is 9.62. The maximum absolute atomic E-state index is 15.2. The van der Waals surface area contributed by atoms with Crippen LogP contribution in [0, 0.1) is 41.4 Å². The van der Waals surface area contributed by atoms with Gasteiger partial charge in [0, 0.05) is 6.61 Å². The monoisotopic (exact) mass is 470 g/mol. The van der Waals surface area contributed by atoms with E-state index < -0.39 is 12.0 Å². The van der Waals surface area contributed by atoms with E-state index in [4.69, 9.17) is 4.74 Å². The second kappa shape index (κ2) is 13.2. The fourth-order valence-corrected chi connectivity index (χ4v) is 7.76. The lowest BCUT2D eigenvalue weighted by Gasteiger charge is -2.46. The summed E-state index contributed by atoms with van der Waals surface area (Å²) in [6.45, 7) is 7.05. The predicted molar refractivity (Wildman–Crippen MR) is 132 cm³/mol. The van der Waals surface area contributed by atoms with Crippen molar-refractivity contribution in [2.45, 2.75) is 136 Å². The summed E-state index contributed by atoms with van der Waals surface area (Å²) >= 11 is 0. The largest absolute Gasteiger partial charge is 0.396 e. The van der Waals surface area contributed by atoms with Crippen molar-refractivity contribution >= 4 is 0 Å². The molecule has 0 radical (unpaired) electrons. The van der Waals surface area contributed by atoms with Gasteiger partial charge < -0.3 is 9.84 Å². The summed E-state index contributed by atoms with van der Waals surface area (Å²) in [4.78, 5) is 0. The lowest BCUT2D eigenvalue weighted by molar-refractivity contribution is -0.304. The third-order valence-corrected chi connectivity index (χ3v) is 9.86. The maximum Gasteiger partial charge on any atom is 0.358 e. The smallest absolute Gasteiger partial charge is 0.358 e. The van der Waals surface area contributed by atoms with Crippen molar-refractivity contribution < 1.29 is 18.6 Å². The SMILES string of the molecule is CCCCCC1CCC(C(F)(F)OC2CCC(C3CCC(CO)CC3CC)C(CC)C2)CC1. The lowest BCUT2D eigenvalue weighted by Crippen LogP contribution is -2.43. The molecule has 0 spiro atoms. The van der Waals surface area contributed by atoms with Crippen molar-refractivity contribution in [2.24, 2.45) is 41.4 Å². The molecule has 4 heteroatoms. The minimum Gasteiger partial charge on any atom is -0.396 e. The fourth-order valence-electron chi connectivity index (χ4n) is 7.76. The Morgan fingerprint density at radius 2 is 1.36 bits per heavy atom. The van der Waals surface area contributed by atoms with Crippen LogP contribution in [0.15, 0.2) is 0 Å². The van der Waals surface area contributed by atoms with Crippen LogP contribution in [0.3, 0.4) is 0 Å². The molecule has 2 nitrogen and oxygen atoms in total. The van der Waals surface area contributed by atoms with Crippen molar-refractivity contribution in [3.8, 4) is 0 Å². The van der Waals surface area contributed by atoms with Crippen LogP contribution in [-0.4, -0.2) is 23.9 Å². The average Bonchev–Trinajstić information content (AvgIpc) is 2.84. The first-order chi connectivity index (χ1) is 15.9. The van der Waals surface area contributed by atoms with Gasteiger partial charge in [-0.3, -0.25) is 0 Å².